The number of carbonyl (C=O) groups is 1. The molecule has 0 unspecified atom stereocenters. The first-order valence-electron chi connectivity index (χ1n) is 6.79. The van der Waals surface area contributed by atoms with E-state index >= 15 is 0 Å². The van der Waals surface area contributed by atoms with Crippen molar-refractivity contribution in [3.8, 4) is 0 Å². The molecule has 1 aliphatic rings. The summed E-state index contributed by atoms with van der Waals surface area (Å²) in [5.41, 5.74) is 0.479. The van der Waals surface area contributed by atoms with Gasteiger partial charge in [-0.25, -0.2) is 4.39 Å². The van der Waals surface area contributed by atoms with E-state index in [1.54, 1.807) is 11.0 Å². The number of halogens is 2. The van der Waals surface area contributed by atoms with Crippen LogP contribution in [0.5, 0.6) is 0 Å². The second-order valence-electron chi connectivity index (χ2n) is 4.90. The summed E-state index contributed by atoms with van der Waals surface area (Å²) in [4.78, 5) is 13.2. The maximum Gasteiger partial charge on any atom is 0.276 e. The number of likely N-dealkylation sites (tertiary alicyclic amines) is 1. The summed E-state index contributed by atoms with van der Waals surface area (Å²) >= 11 is 7.08. The van der Waals surface area contributed by atoms with Gasteiger partial charge in [-0.05, 0) is 30.2 Å². The molecule has 0 bridgehead atoms. The van der Waals surface area contributed by atoms with Crippen molar-refractivity contribution in [2.75, 3.05) is 6.54 Å². The van der Waals surface area contributed by atoms with Gasteiger partial charge in [-0.3, -0.25) is 4.79 Å². The number of rotatable bonds is 5. The van der Waals surface area contributed by atoms with E-state index < -0.39 is 0 Å². The van der Waals surface area contributed by atoms with Crippen LogP contribution < -0.4 is 0 Å². The second kappa shape index (κ2) is 6.66. The first kappa shape index (κ1) is 15.3. The molecule has 116 valence electrons. The zero-order valence-corrected chi connectivity index (χ0v) is 13.2. The SMILES string of the molecule is O=C1CCCN1Cc1nnc(SCc2cc(Cl)ccc2F)o1. The predicted octanol–water partition coefficient (Wildman–Crippen LogP) is 3.28. The van der Waals surface area contributed by atoms with Gasteiger partial charge in [0.25, 0.3) is 5.22 Å². The second-order valence-corrected chi connectivity index (χ2v) is 6.27. The maximum absolute atomic E-state index is 13.6. The van der Waals surface area contributed by atoms with Crippen LogP contribution >= 0.6 is 23.4 Å². The fourth-order valence-corrected chi connectivity index (χ4v) is 3.14. The molecule has 2 aromatic rings. The predicted molar refractivity (Wildman–Crippen MR) is 79.9 cm³/mol. The van der Waals surface area contributed by atoms with Gasteiger partial charge in [0, 0.05) is 23.7 Å². The van der Waals surface area contributed by atoms with Crippen molar-refractivity contribution in [2.24, 2.45) is 0 Å². The van der Waals surface area contributed by atoms with Gasteiger partial charge in [0.05, 0.1) is 6.54 Å². The Hall–Kier alpha value is -1.60. The Morgan fingerprint density at radius 1 is 1.41 bits per heavy atom. The highest BCUT2D eigenvalue weighted by atomic mass is 35.5. The highest BCUT2D eigenvalue weighted by molar-refractivity contribution is 7.98. The zero-order valence-electron chi connectivity index (χ0n) is 11.6. The van der Waals surface area contributed by atoms with Crippen LogP contribution in [0, 0.1) is 5.82 Å². The summed E-state index contributed by atoms with van der Waals surface area (Å²) in [7, 11) is 0. The average molecular weight is 342 g/mol. The molecule has 0 atom stereocenters. The number of thioether (sulfide) groups is 1. The molecule has 1 saturated heterocycles. The van der Waals surface area contributed by atoms with Crippen LogP contribution in [0.25, 0.3) is 0 Å². The number of aromatic nitrogens is 2. The van der Waals surface area contributed by atoms with Crippen molar-refractivity contribution in [3.63, 3.8) is 0 Å². The summed E-state index contributed by atoms with van der Waals surface area (Å²) < 4.78 is 19.1. The minimum absolute atomic E-state index is 0.105. The van der Waals surface area contributed by atoms with E-state index in [4.69, 9.17) is 16.0 Å². The van der Waals surface area contributed by atoms with E-state index in [2.05, 4.69) is 10.2 Å². The number of hydrogen-bond acceptors (Lipinski definition) is 5. The van der Waals surface area contributed by atoms with Crippen LogP contribution in [0.2, 0.25) is 5.02 Å². The van der Waals surface area contributed by atoms with Gasteiger partial charge in [0.2, 0.25) is 11.8 Å². The molecule has 1 aromatic carbocycles. The molecule has 3 rings (SSSR count). The Kier molecular flexibility index (Phi) is 4.63. The number of benzene rings is 1. The third kappa shape index (κ3) is 3.59. The fraction of sp³-hybridized carbons (Fsp3) is 0.357. The van der Waals surface area contributed by atoms with Gasteiger partial charge in [0.15, 0.2) is 0 Å². The average Bonchev–Trinajstić information content (AvgIpc) is 3.10. The largest absolute Gasteiger partial charge is 0.414 e. The molecule has 0 N–H and O–H groups in total. The molecular weight excluding hydrogens is 329 g/mol. The Morgan fingerprint density at radius 3 is 3.05 bits per heavy atom. The maximum atomic E-state index is 13.6. The van der Waals surface area contributed by atoms with Crippen LogP contribution in [0.1, 0.15) is 24.3 Å². The monoisotopic (exact) mass is 341 g/mol. The molecule has 1 fully saturated rings. The molecule has 5 nitrogen and oxygen atoms in total. The van der Waals surface area contributed by atoms with Crippen molar-refractivity contribution in [1.29, 1.82) is 0 Å². The molecular formula is C14H13ClFN3O2S. The Balaban J connectivity index is 1.59. The number of hydrogen-bond donors (Lipinski definition) is 0. The highest BCUT2D eigenvalue weighted by Crippen LogP contribution is 2.25. The van der Waals surface area contributed by atoms with Gasteiger partial charge in [0.1, 0.15) is 5.82 Å². The minimum Gasteiger partial charge on any atom is -0.414 e. The molecule has 0 aliphatic carbocycles. The first-order valence-corrected chi connectivity index (χ1v) is 8.15. The van der Waals surface area contributed by atoms with E-state index in [1.165, 1.54) is 23.9 Å². The lowest BCUT2D eigenvalue weighted by Gasteiger charge is -2.11. The topological polar surface area (TPSA) is 59.2 Å². The van der Waals surface area contributed by atoms with Crippen molar-refractivity contribution < 1.29 is 13.6 Å². The first-order chi connectivity index (χ1) is 10.6. The number of amides is 1. The Morgan fingerprint density at radius 2 is 2.27 bits per heavy atom. The van der Waals surface area contributed by atoms with Crippen molar-refractivity contribution >= 4 is 29.3 Å². The lowest BCUT2D eigenvalue weighted by molar-refractivity contribution is -0.128. The number of nitrogens with zero attached hydrogens (tertiary/aromatic N) is 3. The number of carbonyl (C=O) groups excluding carboxylic acids is 1. The van der Waals surface area contributed by atoms with Crippen LogP contribution in [0.4, 0.5) is 4.39 Å². The standard InChI is InChI=1S/C14H13ClFN3O2S/c15-10-3-4-11(16)9(6-10)8-22-14-18-17-12(21-14)7-19-5-1-2-13(19)20/h3-4,6H,1-2,5,7-8H2. The van der Waals surface area contributed by atoms with Gasteiger partial charge >= 0.3 is 0 Å². The van der Waals surface area contributed by atoms with Gasteiger partial charge < -0.3 is 9.32 Å². The van der Waals surface area contributed by atoms with Crippen molar-refractivity contribution in [1.82, 2.24) is 15.1 Å². The van der Waals surface area contributed by atoms with Crippen LogP contribution in [0.3, 0.4) is 0 Å². The molecule has 8 heteroatoms. The molecule has 1 aromatic heterocycles. The quantitative estimate of drug-likeness (QED) is 0.781. The van der Waals surface area contributed by atoms with Gasteiger partial charge in [-0.1, -0.05) is 23.4 Å². The van der Waals surface area contributed by atoms with E-state index in [0.29, 0.717) is 40.4 Å². The van der Waals surface area contributed by atoms with Crippen LogP contribution in [-0.2, 0) is 17.1 Å². The molecule has 1 aliphatic heterocycles. The molecule has 0 saturated carbocycles. The van der Waals surface area contributed by atoms with E-state index in [9.17, 15) is 9.18 Å². The van der Waals surface area contributed by atoms with Crippen LogP contribution in [0.15, 0.2) is 27.8 Å². The van der Waals surface area contributed by atoms with Crippen LogP contribution in [-0.4, -0.2) is 27.5 Å². The van der Waals surface area contributed by atoms with Gasteiger partial charge in [-0.2, -0.15) is 0 Å². The van der Waals surface area contributed by atoms with Gasteiger partial charge in [-0.15, -0.1) is 10.2 Å². The Bertz CT molecular complexity index is 694. The zero-order chi connectivity index (χ0) is 15.5. The minimum atomic E-state index is -0.320. The Labute approximate surface area is 135 Å². The van der Waals surface area contributed by atoms with Crippen molar-refractivity contribution in [2.45, 2.75) is 30.4 Å². The summed E-state index contributed by atoms with van der Waals surface area (Å²) in [6.07, 6.45) is 1.44. The van der Waals surface area contributed by atoms with Crippen molar-refractivity contribution in [3.05, 3.63) is 40.5 Å². The lowest BCUT2D eigenvalue weighted by atomic mass is 10.2. The van der Waals surface area contributed by atoms with E-state index in [-0.39, 0.29) is 11.7 Å². The lowest BCUT2D eigenvalue weighted by Crippen LogP contribution is -2.23. The molecule has 22 heavy (non-hydrogen) atoms. The summed E-state index contributed by atoms with van der Waals surface area (Å²) in [5.74, 6) is 0.522. The highest BCUT2D eigenvalue weighted by Gasteiger charge is 2.22. The van der Waals surface area contributed by atoms with E-state index in [1.807, 2.05) is 0 Å². The third-order valence-electron chi connectivity index (χ3n) is 3.30. The molecule has 2 heterocycles. The molecule has 0 spiro atoms. The smallest absolute Gasteiger partial charge is 0.276 e. The molecule has 1 amide bonds. The normalized spacial score (nSPS) is 14.8. The fourth-order valence-electron chi connectivity index (χ4n) is 2.19. The van der Waals surface area contributed by atoms with E-state index in [0.717, 1.165) is 13.0 Å². The third-order valence-corrected chi connectivity index (χ3v) is 4.41. The summed E-state index contributed by atoms with van der Waals surface area (Å²) in [6.45, 7) is 1.05. The summed E-state index contributed by atoms with van der Waals surface area (Å²) in [6, 6.07) is 4.41. The summed E-state index contributed by atoms with van der Waals surface area (Å²) in [5, 5.41) is 8.65. The molecule has 0 radical (unpaired) electrons.